The van der Waals surface area contributed by atoms with E-state index in [-0.39, 0.29) is 11.7 Å². The van der Waals surface area contributed by atoms with Crippen LogP contribution < -0.4 is 0 Å². The van der Waals surface area contributed by atoms with Crippen molar-refractivity contribution in [3.8, 4) is 0 Å². The molecule has 1 aromatic rings. The van der Waals surface area contributed by atoms with E-state index in [0.717, 1.165) is 24.6 Å². The van der Waals surface area contributed by atoms with Gasteiger partial charge in [-0.25, -0.2) is 0 Å². The summed E-state index contributed by atoms with van der Waals surface area (Å²) in [6.07, 6.45) is 12.0. The summed E-state index contributed by atoms with van der Waals surface area (Å²) in [5.41, 5.74) is 0. The quantitative estimate of drug-likeness (QED) is 0.755. The lowest BCUT2D eigenvalue weighted by molar-refractivity contribution is -0.137. The minimum absolute atomic E-state index is 0.230. The highest BCUT2D eigenvalue weighted by Crippen LogP contribution is 2.35. The SMILES string of the molecule is O=C(CCCC(=O)N1CCCC2CCCCC21)CCc1ccco1. The van der Waals surface area contributed by atoms with Gasteiger partial charge in [0.25, 0.3) is 0 Å². The number of nitrogens with zero attached hydrogens (tertiary/aromatic N) is 1. The van der Waals surface area contributed by atoms with E-state index in [9.17, 15) is 9.59 Å². The van der Waals surface area contributed by atoms with Crippen molar-refractivity contribution in [2.24, 2.45) is 5.92 Å². The zero-order chi connectivity index (χ0) is 16.8. The van der Waals surface area contributed by atoms with Crippen molar-refractivity contribution in [2.45, 2.75) is 76.7 Å². The van der Waals surface area contributed by atoms with Gasteiger partial charge in [0.2, 0.25) is 5.91 Å². The van der Waals surface area contributed by atoms with Crippen LogP contribution >= 0.6 is 0 Å². The van der Waals surface area contributed by atoms with Crippen LogP contribution in [0.15, 0.2) is 22.8 Å². The first kappa shape index (κ1) is 17.2. The molecule has 0 bridgehead atoms. The summed E-state index contributed by atoms with van der Waals surface area (Å²) in [5, 5.41) is 0. The summed E-state index contributed by atoms with van der Waals surface area (Å²) >= 11 is 0. The third kappa shape index (κ3) is 4.49. The fourth-order valence-corrected chi connectivity index (χ4v) is 4.36. The van der Waals surface area contributed by atoms with Crippen LogP contribution in [0.2, 0.25) is 0 Å². The first-order valence-corrected chi connectivity index (χ1v) is 9.57. The molecule has 0 radical (unpaired) electrons. The zero-order valence-corrected chi connectivity index (χ0v) is 14.5. The first-order chi connectivity index (χ1) is 11.7. The number of rotatable bonds is 7. The van der Waals surface area contributed by atoms with Gasteiger partial charge in [0.15, 0.2) is 0 Å². The Morgan fingerprint density at radius 2 is 1.92 bits per heavy atom. The molecule has 1 aliphatic heterocycles. The molecule has 2 heterocycles. The van der Waals surface area contributed by atoms with Crippen molar-refractivity contribution in [3.05, 3.63) is 24.2 Å². The molecule has 1 saturated carbocycles. The van der Waals surface area contributed by atoms with Crippen LogP contribution in [0, 0.1) is 5.92 Å². The third-order valence-corrected chi connectivity index (χ3v) is 5.64. The number of ketones is 1. The molecule has 2 aliphatic rings. The Morgan fingerprint density at radius 3 is 2.75 bits per heavy atom. The maximum absolute atomic E-state index is 12.6. The summed E-state index contributed by atoms with van der Waals surface area (Å²) in [7, 11) is 0. The zero-order valence-electron chi connectivity index (χ0n) is 14.5. The van der Waals surface area contributed by atoms with E-state index in [2.05, 4.69) is 4.90 Å². The van der Waals surface area contributed by atoms with E-state index in [0.29, 0.717) is 38.1 Å². The number of fused-ring (bicyclic) bond motifs is 1. The summed E-state index contributed by atoms with van der Waals surface area (Å²) in [6.45, 7) is 0.923. The molecule has 1 aromatic heterocycles. The van der Waals surface area contributed by atoms with Gasteiger partial charge in [-0.2, -0.15) is 0 Å². The highest BCUT2D eigenvalue weighted by molar-refractivity contribution is 5.80. The van der Waals surface area contributed by atoms with Crippen LogP contribution in [0.4, 0.5) is 0 Å². The van der Waals surface area contributed by atoms with E-state index in [1.165, 1.54) is 32.1 Å². The van der Waals surface area contributed by atoms with Crippen molar-refractivity contribution >= 4 is 11.7 Å². The fourth-order valence-electron chi connectivity index (χ4n) is 4.36. The summed E-state index contributed by atoms with van der Waals surface area (Å²) in [5.74, 6) is 2.08. The van der Waals surface area contributed by atoms with E-state index < -0.39 is 0 Å². The summed E-state index contributed by atoms with van der Waals surface area (Å²) in [6, 6.07) is 4.22. The number of amides is 1. The molecule has 4 nitrogen and oxygen atoms in total. The monoisotopic (exact) mass is 331 g/mol. The highest BCUT2D eigenvalue weighted by Gasteiger charge is 2.35. The predicted molar refractivity (Wildman–Crippen MR) is 92.6 cm³/mol. The largest absolute Gasteiger partial charge is 0.469 e. The minimum atomic E-state index is 0.230. The molecule has 132 valence electrons. The second kappa shape index (κ2) is 8.50. The van der Waals surface area contributed by atoms with Crippen LogP contribution in [0.5, 0.6) is 0 Å². The number of Topliss-reactive ketones (excluding diaryl/α,β-unsaturated/α-hetero) is 1. The molecule has 2 unspecified atom stereocenters. The Balaban J connectivity index is 1.37. The van der Waals surface area contributed by atoms with E-state index in [1.54, 1.807) is 6.26 Å². The van der Waals surface area contributed by atoms with Gasteiger partial charge < -0.3 is 9.32 Å². The van der Waals surface area contributed by atoms with Gasteiger partial charge in [-0.05, 0) is 50.2 Å². The second-order valence-electron chi connectivity index (χ2n) is 7.31. The van der Waals surface area contributed by atoms with Crippen molar-refractivity contribution in [1.82, 2.24) is 4.90 Å². The standard InChI is InChI=1S/C20H29NO3/c22-17(12-13-18-9-5-15-24-18)8-3-11-20(23)21-14-4-7-16-6-1-2-10-19(16)21/h5,9,15-16,19H,1-4,6-8,10-14H2. The molecular formula is C20H29NO3. The number of likely N-dealkylation sites (tertiary alicyclic amines) is 1. The van der Waals surface area contributed by atoms with Crippen LogP contribution in [-0.2, 0) is 16.0 Å². The number of aryl methyl sites for hydroxylation is 1. The number of furan rings is 1. The highest BCUT2D eigenvalue weighted by atomic mass is 16.3. The maximum atomic E-state index is 12.6. The fraction of sp³-hybridized carbons (Fsp3) is 0.700. The maximum Gasteiger partial charge on any atom is 0.222 e. The third-order valence-electron chi connectivity index (χ3n) is 5.64. The number of carbonyl (C=O) groups is 2. The lowest BCUT2D eigenvalue weighted by atomic mass is 9.78. The Morgan fingerprint density at radius 1 is 1.08 bits per heavy atom. The molecule has 3 rings (SSSR count). The molecule has 0 N–H and O–H groups in total. The number of carbonyl (C=O) groups excluding carboxylic acids is 2. The molecule has 0 spiro atoms. The Labute approximate surface area is 144 Å². The van der Waals surface area contributed by atoms with Crippen LogP contribution in [-0.4, -0.2) is 29.2 Å². The molecule has 2 fully saturated rings. The van der Waals surface area contributed by atoms with E-state index in [1.807, 2.05) is 12.1 Å². The average molecular weight is 331 g/mol. The lowest BCUT2D eigenvalue weighted by Crippen LogP contribution is -2.49. The topological polar surface area (TPSA) is 50.5 Å². The number of piperidine rings is 1. The van der Waals surface area contributed by atoms with E-state index in [4.69, 9.17) is 4.42 Å². The molecular weight excluding hydrogens is 302 g/mol. The summed E-state index contributed by atoms with van der Waals surface area (Å²) < 4.78 is 5.24. The lowest BCUT2D eigenvalue weighted by Gasteiger charge is -2.44. The van der Waals surface area contributed by atoms with E-state index >= 15 is 0 Å². The van der Waals surface area contributed by atoms with Crippen molar-refractivity contribution in [1.29, 1.82) is 0 Å². The molecule has 4 heteroatoms. The smallest absolute Gasteiger partial charge is 0.222 e. The Bertz CT molecular complexity index is 535. The molecule has 1 amide bonds. The van der Waals surface area contributed by atoms with Gasteiger partial charge >= 0.3 is 0 Å². The van der Waals surface area contributed by atoms with Crippen molar-refractivity contribution in [3.63, 3.8) is 0 Å². The minimum Gasteiger partial charge on any atom is -0.469 e. The van der Waals surface area contributed by atoms with Crippen LogP contribution in [0.25, 0.3) is 0 Å². The average Bonchev–Trinajstić information content (AvgIpc) is 3.13. The van der Waals surface area contributed by atoms with Crippen LogP contribution in [0.1, 0.15) is 70.0 Å². The van der Waals surface area contributed by atoms with Gasteiger partial charge in [0.05, 0.1) is 6.26 Å². The second-order valence-corrected chi connectivity index (χ2v) is 7.31. The first-order valence-electron chi connectivity index (χ1n) is 9.57. The molecule has 0 aromatic carbocycles. The van der Waals surface area contributed by atoms with Gasteiger partial charge in [0, 0.05) is 38.3 Å². The molecule has 1 saturated heterocycles. The normalized spacial score (nSPS) is 23.8. The number of hydrogen-bond donors (Lipinski definition) is 0. The Kier molecular flexibility index (Phi) is 6.11. The molecule has 2 atom stereocenters. The Hall–Kier alpha value is -1.58. The van der Waals surface area contributed by atoms with Crippen molar-refractivity contribution < 1.29 is 14.0 Å². The van der Waals surface area contributed by atoms with Crippen LogP contribution in [0.3, 0.4) is 0 Å². The van der Waals surface area contributed by atoms with Crippen molar-refractivity contribution in [2.75, 3.05) is 6.54 Å². The van der Waals surface area contributed by atoms with Gasteiger partial charge in [-0.3, -0.25) is 9.59 Å². The number of hydrogen-bond acceptors (Lipinski definition) is 3. The molecule has 24 heavy (non-hydrogen) atoms. The van der Waals surface area contributed by atoms with Gasteiger partial charge in [0.1, 0.15) is 11.5 Å². The summed E-state index contributed by atoms with van der Waals surface area (Å²) in [4.78, 5) is 26.7. The predicted octanol–water partition coefficient (Wildman–Crippen LogP) is 4.13. The van der Waals surface area contributed by atoms with Gasteiger partial charge in [-0.1, -0.05) is 12.8 Å². The molecule has 1 aliphatic carbocycles. The van der Waals surface area contributed by atoms with Gasteiger partial charge in [-0.15, -0.1) is 0 Å².